The molecule has 0 atom stereocenters. The van der Waals surface area contributed by atoms with Gasteiger partial charge in [0.1, 0.15) is 11.5 Å². The highest BCUT2D eigenvalue weighted by molar-refractivity contribution is 6.39. The number of hydrazone groups is 1. The van der Waals surface area contributed by atoms with Gasteiger partial charge in [-0.1, -0.05) is 19.1 Å². The van der Waals surface area contributed by atoms with Crippen molar-refractivity contribution in [3.63, 3.8) is 0 Å². The average Bonchev–Trinajstić information content (AvgIpc) is 2.89. The topological polar surface area (TPSA) is 118 Å². The number of methoxy groups -OCH3 is 1. The number of aryl methyl sites for hydroxylation is 1. The third-order valence-electron chi connectivity index (χ3n) is 4.83. The molecular formula is C26H26N4O5. The van der Waals surface area contributed by atoms with Crippen LogP contribution in [0.1, 0.15) is 18.1 Å². The zero-order valence-corrected chi connectivity index (χ0v) is 19.4. The number of anilines is 2. The molecule has 3 aromatic rings. The van der Waals surface area contributed by atoms with E-state index in [0.717, 1.165) is 6.42 Å². The number of nitrogens with one attached hydrogen (secondary N) is 3. The minimum Gasteiger partial charge on any atom is -0.497 e. The van der Waals surface area contributed by atoms with Crippen molar-refractivity contribution in [1.82, 2.24) is 5.43 Å². The van der Waals surface area contributed by atoms with Crippen LogP contribution in [0, 0.1) is 0 Å². The average molecular weight is 475 g/mol. The van der Waals surface area contributed by atoms with Gasteiger partial charge in [-0.15, -0.1) is 0 Å². The molecule has 0 aliphatic carbocycles. The van der Waals surface area contributed by atoms with Crippen molar-refractivity contribution in [3.8, 4) is 11.5 Å². The lowest BCUT2D eigenvalue weighted by Crippen LogP contribution is -2.32. The molecule has 0 spiro atoms. The van der Waals surface area contributed by atoms with Crippen LogP contribution in [0.2, 0.25) is 0 Å². The molecule has 9 heteroatoms. The zero-order chi connectivity index (χ0) is 25.0. The van der Waals surface area contributed by atoms with Crippen molar-refractivity contribution in [2.75, 3.05) is 24.4 Å². The smallest absolute Gasteiger partial charge is 0.329 e. The Balaban J connectivity index is 1.41. The fourth-order valence-electron chi connectivity index (χ4n) is 2.90. The number of benzene rings is 3. The van der Waals surface area contributed by atoms with Gasteiger partial charge in [0.15, 0.2) is 6.61 Å². The third-order valence-corrected chi connectivity index (χ3v) is 4.83. The van der Waals surface area contributed by atoms with Gasteiger partial charge in [-0.25, -0.2) is 5.43 Å². The van der Waals surface area contributed by atoms with Gasteiger partial charge in [0.25, 0.3) is 5.91 Å². The molecule has 0 heterocycles. The van der Waals surface area contributed by atoms with Crippen molar-refractivity contribution in [1.29, 1.82) is 0 Å². The van der Waals surface area contributed by atoms with Crippen molar-refractivity contribution in [3.05, 3.63) is 83.9 Å². The third kappa shape index (κ3) is 8.01. The summed E-state index contributed by atoms with van der Waals surface area (Å²) in [7, 11) is 1.53. The Kier molecular flexibility index (Phi) is 8.95. The van der Waals surface area contributed by atoms with Gasteiger partial charge in [0.2, 0.25) is 0 Å². The number of nitrogens with zero attached hydrogens (tertiary/aromatic N) is 1. The van der Waals surface area contributed by atoms with E-state index in [1.165, 1.54) is 18.9 Å². The Labute approximate surface area is 203 Å². The highest BCUT2D eigenvalue weighted by atomic mass is 16.5. The molecular weight excluding hydrogens is 448 g/mol. The molecule has 180 valence electrons. The number of rotatable bonds is 9. The molecule has 0 saturated heterocycles. The first-order chi connectivity index (χ1) is 17.0. The number of hydrogen-bond acceptors (Lipinski definition) is 6. The molecule has 0 bridgehead atoms. The lowest BCUT2D eigenvalue weighted by atomic mass is 10.1. The van der Waals surface area contributed by atoms with Crippen LogP contribution in [-0.2, 0) is 20.8 Å². The SMILES string of the molecule is CCc1ccc(NC(=O)COc2ccc(/C=N\NC(=O)C(=O)Nc3ccc(OC)cc3)cc2)cc1. The van der Waals surface area contributed by atoms with Crippen LogP contribution in [0.5, 0.6) is 11.5 Å². The maximum atomic E-state index is 12.1. The van der Waals surface area contributed by atoms with E-state index in [4.69, 9.17) is 9.47 Å². The molecule has 0 aromatic heterocycles. The minimum absolute atomic E-state index is 0.137. The summed E-state index contributed by atoms with van der Waals surface area (Å²) >= 11 is 0. The second-order valence-corrected chi connectivity index (χ2v) is 7.34. The van der Waals surface area contributed by atoms with Gasteiger partial charge >= 0.3 is 11.8 Å². The number of carbonyl (C=O) groups is 3. The standard InChI is InChI=1S/C26H26N4O5/c1-3-18-4-8-20(9-5-18)28-24(31)17-35-23-12-6-19(7-13-23)16-27-30-26(33)25(32)29-21-10-14-22(34-2)15-11-21/h4-16H,3,17H2,1-2H3,(H,28,31)(H,29,32)(H,30,33)/b27-16-. The molecule has 0 aliphatic rings. The Morgan fingerprint density at radius 2 is 1.40 bits per heavy atom. The van der Waals surface area contributed by atoms with Crippen LogP contribution in [-0.4, -0.2) is 37.7 Å². The molecule has 3 N–H and O–H groups in total. The maximum Gasteiger partial charge on any atom is 0.329 e. The van der Waals surface area contributed by atoms with E-state index < -0.39 is 11.8 Å². The van der Waals surface area contributed by atoms with E-state index >= 15 is 0 Å². The molecule has 0 saturated carbocycles. The van der Waals surface area contributed by atoms with Crippen molar-refractivity contribution < 1.29 is 23.9 Å². The van der Waals surface area contributed by atoms with E-state index in [1.807, 2.05) is 24.3 Å². The van der Waals surface area contributed by atoms with E-state index in [-0.39, 0.29) is 12.5 Å². The number of amides is 3. The van der Waals surface area contributed by atoms with Crippen LogP contribution in [0.3, 0.4) is 0 Å². The van der Waals surface area contributed by atoms with Gasteiger partial charge in [0.05, 0.1) is 13.3 Å². The van der Waals surface area contributed by atoms with Crippen LogP contribution in [0.15, 0.2) is 77.9 Å². The monoisotopic (exact) mass is 474 g/mol. The van der Waals surface area contributed by atoms with Crippen LogP contribution in [0.4, 0.5) is 11.4 Å². The van der Waals surface area contributed by atoms with E-state index in [0.29, 0.717) is 28.4 Å². The zero-order valence-electron chi connectivity index (χ0n) is 19.4. The lowest BCUT2D eigenvalue weighted by Gasteiger charge is -2.08. The minimum atomic E-state index is -0.910. The molecule has 0 fully saturated rings. The number of ether oxygens (including phenoxy) is 2. The summed E-state index contributed by atoms with van der Waals surface area (Å²) in [5.41, 5.74) is 5.19. The van der Waals surface area contributed by atoms with E-state index in [2.05, 4.69) is 28.1 Å². The van der Waals surface area contributed by atoms with Crippen molar-refractivity contribution in [2.24, 2.45) is 5.10 Å². The van der Waals surface area contributed by atoms with Gasteiger partial charge in [-0.3, -0.25) is 14.4 Å². The first-order valence-electron chi connectivity index (χ1n) is 10.9. The molecule has 0 unspecified atom stereocenters. The summed E-state index contributed by atoms with van der Waals surface area (Å²) in [6.45, 7) is 1.93. The molecule has 3 amide bonds. The summed E-state index contributed by atoms with van der Waals surface area (Å²) in [6.07, 6.45) is 2.32. The second-order valence-electron chi connectivity index (χ2n) is 7.34. The van der Waals surface area contributed by atoms with Crippen molar-refractivity contribution in [2.45, 2.75) is 13.3 Å². The van der Waals surface area contributed by atoms with Crippen molar-refractivity contribution >= 4 is 35.3 Å². The fraction of sp³-hybridized carbons (Fsp3) is 0.154. The number of hydrogen-bond donors (Lipinski definition) is 3. The summed E-state index contributed by atoms with van der Waals surface area (Å²) in [5, 5.41) is 9.03. The Morgan fingerprint density at radius 1 is 0.800 bits per heavy atom. The lowest BCUT2D eigenvalue weighted by molar-refractivity contribution is -0.136. The van der Waals surface area contributed by atoms with Gasteiger partial charge in [-0.05, 0) is 78.2 Å². The Morgan fingerprint density at radius 3 is 2.03 bits per heavy atom. The summed E-state index contributed by atoms with van der Waals surface area (Å²) in [5.74, 6) is -0.894. The molecule has 0 aliphatic heterocycles. The Hall–Kier alpha value is -4.66. The van der Waals surface area contributed by atoms with E-state index in [1.54, 1.807) is 48.5 Å². The van der Waals surface area contributed by atoms with Gasteiger partial charge in [0, 0.05) is 11.4 Å². The van der Waals surface area contributed by atoms with Crippen LogP contribution >= 0.6 is 0 Å². The summed E-state index contributed by atoms with van der Waals surface area (Å²) in [4.78, 5) is 35.9. The molecule has 35 heavy (non-hydrogen) atoms. The second kappa shape index (κ2) is 12.5. The normalized spacial score (nSPS) is 10.5. The molecule has 3 aromatic carbocycles. The molecule has 0 radical (unpaired) electrons. The first kappa shape index (κ1) is 25.0. The van der Waals surface area contributed by atoms with Gasteiger partial charge in [-0.2, -0.15) is 5.10 Å². The maximum absolute atomic E-state index is 12.1. The largest absolute Gasteiger partial charge is 0.497 e. The molecule has 3 rings (SSSR count). The predicted molar refractivity (Wildman–Crippen MR) is 134 cm³/mol. The Bertz CT molecular complexity index is 1170. The quantitative estimate of drug-likeness (QED) is 0.250. The summed E-state index contributed by atoms with van der Waals surface area (Å²) < 4.78 is 10.5. The fourth-order valence-corrected chi connectivity index (χ4v) is 2.90. The first-order valence-corrected chi connectivity index (χ1v) is 10.9. The van der Waals surface area contributed by atoms with Gasteiger partial charge < -0.3 is 20.1 Å². The highest BCUT2D eigenvalue weighted by Crippen LogP contribution is 2.15. The summed E-state index contributed by atoms with van der Waals surface area (Å²) in [6, 6.07) is 20.9. The van der Waals surface area contributed by atoms with Crippen LogP contribution < -0.4 is 25.5 Å². The predicted octanol–water partition coefficient (Wildman–Crippen LogP) is 3.36. The number of carbonyl (C=O) groups excluding carboxylic acids is 3. The highest BCUT2D eigenvalue weighted by Gasteiger charge is 2.12. The van der Waals surface area contributed by atoms with E-state index in [9.17, 15) is 14.4 Å². The van der Waals surface area contributed by atoms with Crippen LogP contribution in [0.25, 0.3) is 0 Å². The molecule has 9 nitrogen and oxygen atoms in total.